The number of carbonyl (C=O) groups excluding carboxylic acids is 2. The molecule has 156 valence electrons. The Bertz CT molecular complexity index is 854. The van der Waals surface area contributed by atoms with Crippen LogP contribution in [0.5, 0.6) is 5.75 Å². The van der Waals surface area contributed by atoms with E-state index in [0.717, 1.165) is 18.9 Å². The summed E-state index contributed by atoms with van der Waals surface area (Å²) >= 11 is 0. The first-order valence-electron chi connectivity index (χ1n) is 9.27. The fourth-order valence-corrected chi connectivity index (χ4v) is 2.79. The number of alkyl halides is 3. The molecule has 1 aliphatic carbocycles. The van der Waals surface area contributed by atoms with Crippen LogP contribution in [0.2, 0.25) is 0 Å². The standard InChI is InChI=1S/C20H20F3NO5/c1-2-27-17(25)4-3-11-28-14-7-8-16-15(12-14)19(20(21,22)23,29-18(26)24-16)10-9-13-5-6-13/h7-8,12-13H,2-6,11H2,1H3,(H,24,26). The smallest absolute Gasteiger partial charge is 0.445 e. The highest BCUT2D eigenvalue weighted by atomic mass is 19.4. The highest BCUT2D eigenvalue weighted by molar-refractivity contribution is 5.90. The lowest BCUT2D eigenvalue weighted by Gasteiger charge is -2.35. The number of ether oxygens (including phenoxy) is 3. The molecule has 1 aliphatic heterocycles. The second-order valence-electron chi connectivity index (χ2n) is 6.70. The maximum absolute atomic E-state index is 14.0. The van der Waals surface area contributed by atoms with Crippen LogP contribution >= 0.6 is 0 Å². The van der Waals surface area contributed by atoms with Gasteiger partial charge in [0.2, 0.25) is 0 Å². The average Bonchev–Trinajstić information content (AvgIpc) is 3.47. The molecule has 1 aromatic carbocycles. The van der Waals surface area contributed by atoms with Gasteiger partial charge in [-0.2, -0.15) is 13.2 Å². The van der Waals surface area contributed by atoms with Gasteiger partial charge in [-0.25, -0.2) is 4.79 Å². The van der Waals surface area contributed by atoms with Gasteiger partial charge in [0, 0.05) is 17.9 Å². The Morgan fingerprint density at radius 2 is 2.14 bits per heavy atom. The van der Waals surface area contributed by atoms with Gasteiger partial charge in [0.25, 0.3) is 5.60 Å². The molecule has 0 saturated heterocycles. The molecular weight excluding hydrogens is 391 g/mol. The Morgan fingerprint density at radius 1 is 1.38 bits per heavy atom. The zero-order chi connectivity index (χ0) is 21.1. The van der Waals surface area contributed by atoms with Gasteiger partial charge in [-0.15, -0.1) is 0 Å². The van der Waals surface area contributed by atoms with Crippen LogP contribution in [0.4, 0.5) is 23.7 Å². The summed E-state index contributed by atoms with van der Waals surface area (Å²) < 4.78 is 57.1. The van der Waals surface area contributed by atoms with Crippen LogP contribution in [0.1, 0.15) is 38.2 Å². The minimum absolute atomic E-state index is 0.0393. The zero-order valence-electron chi connectivity index (χ0n) is 15.7. The molecule has 1 fully saturated rings. The van der Waals surface area contributed by atoms with Crippen molar-refractivity contribution in [2.45, 2.75) is 44.4 Å². The van der Waals surface area contributed by atoms with Crippen LogP contribution in [-0.2, 0) is 19.9 Å². The van der Waals surface area contributed by atoms with Crippen molar-refractivity contribution in [3.63, 3.8) is 0 Å². The number of anilines is 1. The summed E-state index contributed by atoms with van der Waals surface area (Å²) in [5, 5.41) is 2.27. The van der Waals surface area contributed by atoms with Gasteiger partial charge in [0.05, 0.1) is 18.9 Å². The van der Waals surface area contributed by atoms with Gasteiger partial charge < -0.3 is 14.2 Å². The largest absolute Gasteiger partial charge is 0.494 e. The topological polar surface area (TPSA) is 73.9 Å². The molecule has 0 spiro atoms. The lowest BCUT2D eigenvalue weighted by atomic mass is 9.90. The molecule has 1 heterocycles. The highest BCUT2D eigenvalue weighted by Crippen LogP contribution is 2.48. The van der Waals surface area contributed by atoms with Crippen LogP contribution in [0.3, 0.4) is 0 Å². The highest BCUT2D eigenvalue weighted by Gasteiger charge is 2.62. The summed E-state index contributed by atoms with van der Waals surface area (Å²) in [6.07, 6.45) is -4.23. The SMILES string of the molecule is CCOC(=O)CCCOc1ccc2c(c1)C(C#CC1CC1)(C(F)(F)F)OC(=O)N2. The second kappa shape index (κ2) is 8.23. The first kappa shape index (κ1) is 20.8. The molecule has 3 rings (SSSR count). The maximum Gasteiger partial charge on any atom is 0.445 e. The van der Waals surface area contributed by atoms with Crippen LogP contribution in [0, 0.1) is 17.8 Å². The van der Waals surface area contributed by atoms with E-state index in [1.54, 1.807) is 6.92 Å². The van der Waals surface area contributed by atoms with E-state index in [1.165, 1.54) is 12.1 Å². The van der Waals surface area contributed by atoms with Crippen LogP contribution in [0.15, 0.2) is 18.2 Å². The van der Waals surface area contributed by atoms with E-state index in [2.05, 4.69) is 17.2 Å². The summed E-state index contributed by atoms with van der Waals surface area (Å²) in [5.41, 5.74) is -3.43. The lowest BCUT2D eigenvalue weighted by Crippen LogP contribution is -2.49. The van der Waals surface area contributed by atoms with E-state index in [-0.39, 0.29) is 48.5 Å². The third-order valence-corrected chi connectivity index (χ3v) is 4.38. The number of hydrogen-bond donors (Lipinski definition) is 1. The molecule has 1 aromatic rings. The molecule has 0 bridgehead atoms. The van der Waals surface area contributed by atoms with E-state index in [0.29, 0.717) is 6.42 Å². The number of esters is 1. The van der Waals surface area contributed by atoms with Crippen molar-refractivity contribution in [3.05, 3.63) is 23.8 Å². The van der Waals surface area contributed by atoms with Gasteiger partial charge in [0.15, 0.2) is 0 Å². The quantitative estimate of drug-likeness (QED) is 0.433. The van der Waals surface area contributed by atoms with Crippen LogP contribution in [0.25, 0.3) is 0 Å². The Kier molecular flexibility index (Phi) is 5.91. The van der Waals surface area contributed by atoms with Crippen LogP contribution in [-0.4, -0.2) is 31.5 Å². The molecular formula is C20H20F3NO5. The number of cyclic esters (lactones) is 1. The minimum Gasteiger partial charge on any atom is -0.494 e. The van der Waals surface area contributed by atoms with Crippen LogP contribution < -0.4 is 10.1 Å². The second-order valence-corrected chi connectivity index (χ2v) is 6.70. The van der Waals surface area contributed by atoms with Gasteiger partial charge in [-0.3, -0.25) is 10.1 Å². The fraction of sp³-hybridized carbons (Fsp3) is 0.500. The number of fused-ring (bicyclic) bond motifs is 1. The Balaban J connectivity index is 1.84. The Hall–Kier alpha value is -2.89. The summed E-state index contributed by atoms with van der Waals surface area (Å²) in [7, 11) is 0. The molecule has 2 aliphatic rings. The molecule has 1 saturated carbocycles. The predicted octanol–water partition coefficient (Wildman–Crippen LogP) is 4.14. The zero-order valence-corrected chi connectivity index (χ0v) is 15.7. The number of amides is 1. The Morgan fingerprint density at radius 3 is 2.79 bits per heavy atom. The summed E-state index contributed by atoms with van der Waals surface area (Å²) in [6, 6.07) is 3.91. The normalized spacial score (nSPS) is 20.5. The number of rotatable bonds is 6. The molecule has 1 amide bonds. The van der Waals surface area contributed by atoms with Gasteiger partial charge in [-0.1, -0.05) is 5.92 Å². The van der Waals surface area contributed by atoms with Crippen molar-refractivity contribution in [2.24, 2.45) is 5.92 Å². The van der Waals surface area contributed by atoms with E-state index in [1.807, 2.05) is 0 Å². The number of halogens is 3. The summed E-state index contributed by atoms with van der Waals surface area (Å²) in [5.74, 6) is 4.40. The van der Waals surface area contributed by atoms with Crippen molar-refractivity contribution in [1.82, 2.24) is 0 Å². The van der Waals surface area contributed by atoms with Gasteiger partial charge in [-0.05, 0) is 50.3 Å². The third kappa shape index (κ3) is 4.75. The van der Waals surface area contributed by atoms with E-state index in [9.17, 15) is 22.8 Å². The molecule has 1 N–H and O–H groups in total. The summed E-state index contributed by atoms with van der Waals surface area (Å²) in [6.45, 7) is 2.08. The van der Waals surface area contributed by atoms with Crippen molar-refractivity contribution in [2.75, 3.05) is 18.5 Å². The monoisotopic (exact) mass is 411 g/mol. The summed E-state index contributed by atoms with van der Waals surface area (Å²) in [4.78, 5) is 23.1. The number of benzene rings is 1. The lowest BCUT2D eigenvalue weighted by molar-refractivity contribution is -0.239. The first-order chi connectivity index (χ1) is 13.7. The maximum atomic E-state index is 14.0. The third-order valence-electron chi connectivity index (χ3n) is 4.38. The van der Waals surface area contributed by atoms with E-state index >= 15 is 0 Å². The number of nitrogens with one attached hydrogen (secondary N) is 1. The molecule has 6 nitrogen and oxygen atoms in total. The molecule has 1 unspecified atom stereocenters. The molecule has 0 aromatic heterocycles. The average molecular weight is 411 g/mol. The number of hydrogen-bond acceptors (Lipinski definition) is 5. The molecule has 0 radical (unpaired) electrons. The predicted molar refractivity (Wildman–Crippen MR) is 96.1 cm³/mol. The molecule has 29 heavy (non-hydrogen) atoms. The van der Waals surface area contributed by atoms with Crippen molar-refractivity contribution >= 4 is 17.7 Å². The Labute approximate surface area is 165 Å². The number of carbonyl (C=O) groups is 2. The molecule has 9 heteroatoms. The minimum atomic E-state index is -4.94. The van der Waals surface area contributed by atoms with Gasteiger partial charge >= 0.3 is 18.2 Å². The molecule has 1 atom stereocenters. The van der Waals surface area contributed by atoms with E-state index < -0.39 is 17.9 Å². The van der Waals surface area contributed by atoms with Gasteiger partial charge in [0.1, 0.15) is 5.75 Å². The van der Waals surface area contributed by atoms with Crippen molar-refractivity contribution in [3.8, 4) is 17.6 Å². The van der Waals surface area contributed by atoms with Crippen molar-refractivity contribution in [1.29, 1.82) is 0 Å². The first-order valence-corrected chi connectivity index (χ1v) is 9.27. The van der Waals surface area contributed by atoms with E-state index in [4.69, 9.17) is 14.2 Å². The van der Waals surface area contributed by atoms with Crippen molar-refractivity contribution < 1.29 is 37.0 Å². The fourth-order valence-electron chi connectivity index (χ4n) is 2.79.